The second kappa shape index (κ2) is 12.5. The average Bonchev–Trinajstić information content (AvgIpc) is 3.35. The summed E-state index contributed by atoms with van der Waals surface area (Å²) in [4.78, 5) is 62.7. The van der Waals surface area contributed by atoms with Crippen LogP contribution in [0.2, 0.25) is 0 Å². The van der Waals surface area contributed by atoms with Crippen molar-refractivity contribution in [1.82, 2.24) is 9.97 Å². The summed E-state index contributed by atoms with van der Waals surface area (Å²) in [7, 11) is 0. The number of halogens is 1. The molecular weight excluding hydrogens is 750 g/mol. The number of carbonyl (C=O) groups excluding carboxylic acids is 2. The van der Waals surface area contributed by atoms with Gasteiger partial charge < -0.3 is 65.7 Å². The first-order chi connectivity index (χ1) is 24.0. The quantitative estimate of drug-likeness (QED) is 0.130. The van der Waals surface area contributed by atoms with Gasteiger partial charge in [0.1, 0.15) is 65.7 Å². The molecule has 0 radical (unpaired) electrons. The maximum Gasteiger partial charge on any atom is 0.327 e. The molecule has 2 aromatic rings. The van der Waals surface area contributed by atoms with E-state index >= 15 is 0 Å². The number of anilines is 2. The standard InChI is InChI=1S/C30H34BrN5O15/c1-29(48)22-8(5-32-23-13(34-22)24(44)36-28(47)35-23)12(30(29)9-3-2-7(31)4-10(9)33-27(30)46)25(45)50-20-17(41)15(39)16(40)18(42)21(20)51-26-19(43)14(38)11(37)6-49-26/h2-4,8,11-12,14-21,26,37-43,48H,5-6H2,1H3,(H,33,46)(H3,32,35,36,44,47)/t8-,11-,12+,14+,15+,16-,17+,18+,19-,20-,21-,26+,29-,30+/m1/s1. The molecule has 1 amide bonds. The highest BCUT2D eigenvalue weighted by atomic mass is 79.9. The number of hydrogen-bond donors (Lipinski definition) is 12. The summed E-state index contributed by atoms with van der Waals surface area (Å²) in [5.74, 6) is -5.33. The molecule has 21 heteroatoms. The molecule has 7 rings (SSSR count). The molecule has 1 saturated heterocycles. The SMILES string of the molecule is C[C@@]1(O)C2=Nc3c([nH]c(=O)[nH]c3=O)NC[C@@H]2[C@@H](C(=O)O[C@@H]2[C@@H](O)[C@@H](O)[C@@H](O)[C@H](O)[C@H]2O[C@@H]2OC[C@@H](O)[C@H](O)[C@H]2O)[C@@]12C(=O)Nc1cc(Br)ccc12. The summed E-state index contributed by atoms with van der Waals surface area (Å²) in [6.07, 6.45) is -19.5. The number of nitrogens with zero attached hydrogens (tertiary/aromatic N) is 1. The van der Waals surface area contributed by atoms with E-state index < -0.39 is 114 Å². The minimum atomic E-state index is -2.36. The predicted octanol–water partition coefficient (Wildman–Crippen LogP) is -4.60. The van der Waals surface area contributed by atoms with Crippen molar-refractivity contribution >= 4 is 50.7 Å². The molecular formula is C30H34BrN5O15. The van der Waals surface area contributed by atoms with Gasteiger partial charge in [0.25, 0.3) is 5.56 Å². The van der Waals surface area contributed by atoms with Crippen LogP contribution in [0.5, 0.6) is 0 Å². The number of hydrogen-bond acceptors (Lipinski definition) is 17. The lowest BCUT2D eigenvalue weighted by Gasteiger charge is -2.46. The van der Waals surface area contributed by atoms with Gasteiger partial charge in [-0.25, -0.2) is 9.79 Å². The summed E-state index contributed by atoms with van der Waals surface area (Å²) in [5.41, 5.74) is -6.65. The zero-order valence-electron chi connectivity index (χ0n) is 26.3. The van der Waals surface area contributed by atoms with E-state index in [2.05, 4.69) is 36.5 Å². The van der Waals surface area contributed by atoms with Crippen LogP contribution in [0.3, 0.4) is 0 Å². The molecule has 12 N–H and O–H groups in total. The molecule has 5 aliphatic rings. The number of ether oxygens (including phenoxy) is 3. The van der Waals surface area contributed by atoms with E-state index in [-0.39, 0.29) is 35.0 Å². The fourth-order valence-electron chi connectivity index (χ4n) is 7.96. The number of carbonyl (C=O) groups is 2. The molecule has 3 fully saturated rings. The van der Waals surface area contributed by atoms with Gasteiger partial charge in [-0.15, -0.1) is 0 Å². The van der Waals surface area contributed by atoms with Crippen molar-refractivity contribution in [2.24, 2.45) is 16.8 Å². The Bertz CT molecular complexity index is 1920. The number of fused-ring (bicyclic) bond motifs is 4. The van der Waals surface area contributed by atoms with Crippen molar-refractivity contribution in [3.8, 4) is 0 Å². The summed E-state index contributed by atoms with van der Waals surface area (Å²) in [6, 6.07) is 4.57. The maximum absolute atomic E-state index is 14.7. The van der Waals surface area contributed by atoms with Crippen molar-refractivity contribution in [3.05, 3.63) is 49.1 Å². The number of aliphatic hydroxyl groups excluding tert-OH is 7. The van der Waals surface area contributed by atoms with Crippen LogP contribution in [0.25, 0.3) is 0 Å². The molecule has 20 nitrogen and oxygen atoms in total. The summed E-state index contributed by atoms with van der Waals surface area (Å²) >= 11 is 3.33. The summed E-state index contributed by atoms with van der Waals surface area (Å²) in [6.45, 7) is 0.365. The van der Waals surface area contributed by atoms with Crippen molar-refractivity contribution in [1.29, 1.82) is 0 Å². The molecule has 1 aromatic heterocycles. The van der Waals surface area contributed by atoms with Crippen molar-refractivity contribution < 1.29 is 64.7 Å². The maximum atomic E-state index is 14.7. The zero-order chi connectivity index (χ0) is 36.9. The van der Waals surface area contributed by atoms with Crippen LogP contribution in [0, 0.1) is 11.8 Å². The molecule has 14 atom stereocenters. The largest absolute Gasteiger partial charge is 0.456 e. The van der Waals surface area contributed by atoms with Gasteiger partial charge >= 0.3 is 11.7 Å². The number of nitrogens with one attached hydrogen (secondary N) is 4. The molecule has 51 heavy (non-hydrogen) atoms. The third-order valence-corrected chi connectivity index (χ3v) is 10.9. The van der Waals surface area contributed by atoms with Crippen molar-refractivity contribution in [3.63, 3.8) is 0 Å². The number of aromatic amines is 2. The van der Waals surface area contributed by atoms with E-state index in [4.69, 9.17) is 14.2 Å². The fourth-order valence-corrected chi connectivity index (χ4v) is 8.32. The Morgan fingerprint density at radius 1 is 0.961 bits per heavy atom. The first-order valence-corrected chi connectivity index (χ1v) is 16.6. The Balaban J connectivity index is 1.34. The Morgan fingerprint density at radius 2 is 1.65 bits per heavy atom. The van der Waals surface area contributed by atoms with E-state index in [0.717, 1.165) is 0 Å². The van der Waals surface area contributed by atoms with E-state index in [9.17, 15) is 60.0 Å². The molecule has 1 spiro atoms. The third-order valence-electron chi connectivity index (χ3n) is 10.4. The number of esters is 1. The van der Waals surface area contributed by atoms with Crippen LogP contribution in [0.15, 0.2) is 37.3 Å². The first-order valence-electron chi connectivity index (χ1n) is 15.8. The third kappa shape index (κ3) is 5.22. The van der Waals surface area contributed by atoms with Crippen molar-refractivity contribution in [2.45, 2.75) is 79.2 Å². The number of aromatic nitrogens is 2. The zero-order valence-corrected chi connectivity index (χ0v) is 27.9. The number of rotatable bonds is 4. The van der Waals surface area contributed by atoms with E-state index in [1.807, 2.05) is 4.98 Å². The van der Waals surface area contributed by atoms with Crippen LogP contribution in [0.4, 0.5) is 17.2 Å². The Morgan fingerprint density at radius 3 is 2.35 bits per heavy atom. The Hall–Kier alpha value is -3.61. The lowest BCUT2D eigenvalue weighted by atomic mass is 9.65. The Kier molecular flexibility index (Phi) is 8.78. The summed E-state index contributed by atoms with van der Waals surface area (Å²) < 4.78 is 17.2. The second-order valence-electron chi connectivity index (χ2n) is 13.3. The molecule has 0 bridgehead atoms. The molecule has 2 saturated carbocycles. The van der Waals surface area contributed by atoms with Crippen LogP contribution >= 0.6 is 15.9 Å². The summed E-state index contributed by atoms with van der Waals surface area (Å²) in [5, 5.41) is 91.7. The number of benzene rings is 1. The number of amides is 1. The van der Waals surface area contributed by atoms with Crippen molar-refractivity contribution in [2.75, 3.05) is 23.8 Å². The first kappa shape index (κ1) is 35.8. The highest BCUT2D eigenvalue weighted by molar-refractivity contribution is 9.10. The minimum Gasteiger partial charge on any atom is -0.456 e. The van der Waals surface area contributed by atoms with Gasteiger partial charge in [0.2, 0.25) is 5.91 Å². The van der Waals surface area contributed by atoms with Gasteiger partial charge in [-0.2, -0.15) is 0 Å². The topological polar surface area (TPSA) is 326 Å². The van der Waals surface area contributed by atoms with Gasteiger partial charge in [0.15, 0.2) is 18.1 Å². The van der Waals surface area contributed by atoms with Gasteiger partial charge in [0, 0.05) is 22.6 Å². The van der Waals surface area contributed by atoms with E-state index in [1.54, 1.807) is 6.07 Å². The van der Waals surface area contributed by atoms with Crippen LogP contribution < -0.4 is 21.9 Å². The molecule has 3 aliphatic heterocycles. The van der Waals surface area contributed by atoms with Crippen LogP contribution in [-0.4, -0.2) is 148 Å². The predicted molar refractivity (Wildman–Crippen MR) is 172 cm³/mol. The highest BCUT2D eigenvalue weighted by Crippen LogP contribution is 2.60. The number of aliphatic hydroxyl groups is 8. The minimum absolute atomic E-state index is 0.132. The van der Waals surface area contributed by atoms with Gasteiger partial charge in [0.05, 0.1) is 18.2 Å². The molecule has 1 aromatic carbocycles. The van der Waals surface area contributed by atoms with Gasteiger partial charge in [-0.1, -0.05) is 22.0 Å². The second-order valence-corrected chi connectivity index (χ2v) is 14.2. The number of aliphatic imine (C=N–C) groups is 1. The fraction of sp³-hybridized carbons (Fsp3) is 0.567. The molecule has 0 unspecified atom stereocenters. The van der Waals surface area contributed by atoms with Crippen LogP contribution in [-0.2, 0) is 29.2 Å². The normalized spacial score (nSPS) is 41.5. The molecule has 4 heterocycles. The van der Waals surface area contributed by atoms with Gasteiger partial charge in [-0.3, -0.25) is 24.4 Å². The van der Waals surface area contributed by atoms with Crippen LogP contribution in [0.1, 0.15) is 12.5 Å². The molecule has 2 aliphatic carbocycles. The lowest BCUT2D eigenvalue weighted by molar-refractivity contribution is -0.322. The smallest absolute Gasteiger partial charge is 0.327 e. The monoisotopic (exact) mass is 783 g/mol. The Labute approximate surface area is 293 Å². The number of H-pyrrole nitrogens is 2. The lowest BCUT2D eigenvalue weighted by Crippen LogP contribution is -2.67. The van der Waals surface area contributed by atoms with E-state index in [1.165, 1.54) is 19.1 Å². The molecule has 276 valence electrons. The van der Waals surface area contributed by atoms with E-state index in [0.29, 0.717) is 4.47 Å². The highest BCUT2D eigenvalue weighted by Gasteiger charge is 2.75. The van der Waals surface area contributed by atoms with Gasteiger partial charge in [-0.05, 0) is 24.6 Å². The average molecular weight is 785 g/mol.